The van der Waals surface area contributed by atoms with Crippen LogP contribution in [0.5, 0.6) is 5.75 Å². The van der Waals surface area contributed by atoms with Gasteiger partial charge in [0, 0.05) is 25.7 Å². The third kappa shape index (κ3) is 5.41. The third-order valence-corrected chi connectivity index (χ3v) is 5.34. The summed E-state index contributed by atoms with van der Waals surface area (Å²) in [6.07, 6.45) is 3.61. The molecule has 2 atom stereocenters. The number of hydrogen-bond acceptors (Lipinski definition) is 5. The minimum absolute atomic E-state index is 0.114. The highest BCUT2D eigenvalue weighted by atomic mass is 32.2. The van der Waals surface area contributed by atoms with Crippen molar-refractivity contribution in [1.29, 1.82) is 0 Å². The zero-order valence-electron chi connectivity index (χ0n) is 15.0. The molecule has 0 amide bonds. The summed E-state index contributed by atoms with van der Waals surface area (Å²) in [5.41, 5.74) is 1.22. The Labute approximate surface area is 156 Å². The number of nitrogens with one attached hydrogen (secondary N) is 1. The molecule has 1 aliphatic heterocycles. The number of halogens is 1. The van der Waals surface area contributed by atoms with Crippen LogP contribution in [-0.4, -0.2) is 39.7 Å². The van der Waals surface area contributed by atoms with E-state index in [-0.39, 0.29) is 12.1 Å². The van der Waals surface area contributed by atoms with Crippen molar-refractivity contribution in [1.82, 2.24) is 14.6 Å². The second kappa shape index (κ2) is 8.81. The molecule has 1 saturated heterocycles. The van der Waals surface area contributed by atoms with E-state index in [4.69, 9.17) is 4.74 Å². The summed E-state index contributed by atoms with van der Waals surface area (Å²) < 4.78 is 34.2. The standard InChI is InChI=1S/C19H24FN3O2S/c1-14(2)25-18-5-3-15(4-6-18)12-23-8-7-17(13-23)22-26(24)19-9-16(20)10-21-11-19/h3-6,9-11,14,17,22H,7-8,12-13H2,1-2H3/t17-,26+/m1/s1. The van der Waals surface area contributed by atoms with Crippen LogP contribution in [0.15, 0.2) is 47.6 Å². The maximum atomic E-state index is 13.2. The number of pyridine rings is 1. The molecule has 7 heteroatoms. The highest BCUT2D eigenvalue weighted by molar-refractivity contribution is 7.89. The van der Waals surface area contributed by atoms with Crippen LogP contribution in [0.1, 0.15) is 25.8 Å². The number of nitrogens with zero attached hydrogens (tertiary/aromatic N) is 2. The van der Waals surface area contributed by atoms with Gasteiger partial charge in [0.15, 0.2) is 4.90 Å². The molecule has 1 aromatic heterocycles. The summed E-state index contributed by atoms with van der Waals surface area (Å²) in [5.74, 6) is 0.402. The Morgan fingerprint density at radius 1 is 1.35 bits per heavy atom. The van der Waals surface area contributed by atoms with Crippen LogP contribution in [-0.2, 0) is 17.9 Å². The fraction of sp³-hybridized carbons (Fsp3) is 0.421. The van der Waals surface area contributed by atoms with Gasteiger partial charge >= 0.3 is 0 Å². The Kier molecular flexibility index (Phi) is 6.48. The third-order valence-electron chi connectivity index (χ3n) is 4.14. The fourth-order valence-corrected chi connectivity index (χ4v) is 4.00. The summed E-state index contributed by atoms with van der Waals surface area (Å²) in [6, 6.07) is 9.51. The molecule has 2 aromatic rings. The van der Waals surface area contributed by atoms with Gasteiger partial charge in [-0.05, 0) is 38.0 Å². The summed E-state index contributed by atoms with van der Waals surface area (Å²) in [5, 5.41) is 0. The zero-order valence-corrected chi connectivity index (χ0v) is 15.8. The second-order valence-electron chi connectivity index (χ2n) is 6.76. The number of likely N-dealkylation sites (tertiary alicyclic amines) is 1. The first kappa shape index (κ1) is 19.1. The Morgan fingerprint density at radius 3 is 2.81 bits per heavy atom. The van der Waals surface area contributed by atoms with E-state index < -0.39 is 17.2 Å². The lowest BCUT2D eigenvalue weighted by Gasteiger charge is -2.18. The molecule has 0 bridgehead atoms. The monoisotopic (exact) mass is 377 g/mol. The Hall–Kier alpha value is -1.67. The van der Waals surface area contributed by atoms with E-state index in [1.807, 2.05) is 26.0 Å². The average molecular weight is 377 g/mol. The molecule has 1 aliphatic rings. The molecule has 1 N–H and O–H groups in total. The Morgan fingerprint density at radius 2 is 2.12 bits per heavy atom. The van der Waals surface area contributed by atoms with E-state index in [1.165, 1.54) is 17.8 Å². The van der Waals surface area contributed by atoms with Gasteiger partial charge in [-0.25, -0.2) is 4.39 Å². The van der Waals surface area contributed by atoms with Gasteiger partial charge in [0.1, 0.15) is 11.6 Å². The number of benzene rings is 1. The molecule has 0 saturated carbocycles. The topological polar surface area (TPSA) is 60.5 Å². The minimum atomic E-state index is -1.45. The van der Waals surface area contributed by atoms with Gasteiger partial charge in [0.25, 0.3) is 0 Å². The summed E-state index contributed by atoms with van der Waals surface area (Å²) in [6.45, 7) is 6.60. The molecule has 1 aromatic carbocycles. The van der Waals surface area contributed by atoms with Crippen LogP contribution in [0.4, 0.5) is 4.39 Å². The molecule has 0 radical (unpaired) electrons. The van der Waals surface area contributed by atoms with Crippen LogP contribution in [0.25, 0.3) is 0 Å². The number of aromatic nitrogens is 1. The molecule has 1 fully saturated rings. The van der Waals surface area contributed by atoms with Crippen molar-refractivity contribution in [3.8, 4) is 5.75 Å². The van der Waals surface area contributed by atoms with Crippen LogP contribution in [0, 0.1) is 5.82 Å². The van der Waals surface area contributed by atoms with Gasteiger partial charge in [-0.3, -0.25) is 9.88 Å². The first-order chi connectivity index (χ1) is 12.5. The van der Waals surface area contributed by atoms with Gasteiger partial charge in [-0.2, -0.15) is 0 Å². The maximum absolute atomic E-state index is 13.2. The smallest absolute Gasteiger partial charge is 0.195 e. The lowest BCUT2D eigenvalue weighted by atomic mass is 10.2. The van der Waals surface area contributed by atoms with Gasteiger partial charge < -0.3 is 9.29 Å². The minimum Gasteiger partial charge on any atom is -0.593 e. The highest BCUT2D eigenvalue weighted by Gasteiger charge is 2.27. The van der Waals surface area contributed by atoms with E-state index in [2.05, 4.69) is 26.7 Å². The molecule has 0 unspecified atom stereocenters. The predicted molar refractivity (Wildman–Crippen MR) is 99.6 cm³/mol. The molecule has 26 heavy (non-hydrogen) atoms. The SMILES string of the molecule is CC(C)Oc1ccc(CN2CC[C@@H](N[S@@+]([O-])c3cncc(F)c3)C2)cc1. The molecular weight excluding hydrogens is 353 g/mol. The van der Waals surface area contributed by atoms with E-state index in [0.717, 1.165) is 38.0 Å². The second-order valence-corrected chi connectivity index (χ2v) is 8.00. The van der Waals surface area contributed by atoms with Crippen molar-refractivity contribution < 1.29 is 13.7 Å². The van der Waals surface area contributed by atoms with Crippen molar-refractivity contribution in [2.24, 2.45) is 0 Å². The van der Waals surface area contributed by atoms with Crippen LogP contribution < -0.4 is 9.46 Å². The van der Waals surface area contributed by atoms with Gasteiger partial charge in [-0.1, -0.05) is 12.1 Å². The van der Waals surface area contributed by atoms with Gasteiger partial charge in [0.05, 0.1) is 35.9 Å². The van der Waals surface area contributed by atoms with Crippen molar-refractivity contribution in [2.45, 2.75) is 43.9 Å². The predicted octanol–water partition coefficient (Wildman–Crippen LogP) is 2.89. The molecule has 2 heterocycles. The average Bonchev–Trinajstić information content (AvgIpc) is 3.03. The number of ether oxygens (including phenoxy) is 1. The largest absolute Gasteiger partial charge is 0.593 e. The maximum Gasteiger partial charge on any atom is 0.195 e. The van der Waals surface area contributed by atoms with Crippen molar-refractivity contribution in [3.63, 3.8) is 0 Å². The number of rotatable bonds is 7. The number of hydrogen-bond donors (Lipinski definition) is 1. The Balaban J connectivity index is 1.49. The van der Waals surface area contributed by atoms with E-state index in [9.17, 15) is 8.94 Å². The molecule has 140 valence electrons. The fourth-order valence-electron chi connectivity index (χ4n) is 2.99. The van der Waals surface area contributed by atoms with Crippen LogP contribution in [0.3, 0.4) is 0 Å². The van der Waals surface area contributed by atoms with E-state index >= 15 is 0 Å². The lowest BCUT2D eigenvalue weighted by molar-refractivity contribution is 0.242. The Bertz CT molecular complexity index is 714. The highest BCUT2D eigenvalue weighted by Crippen LogP contribution is 2.19. The first-order valence-corrected chi connectivity index (χ1v) is 9.91. The summed E-state index contributed by atoms with van der Waals surface area (Å²) in [4.78, 5) is 6.43. The molecular formula is C19H24FN3O2S. The van der Waals surface area contributed by atoms with Crippen molar-refractivity contribution in [2.75, 3.05) is 13.1 Å². The zero-order chi connectivity index (χ0) is 18.5. The summed E-state index contributed by atoms with van der Waals surface area (Å²) >= 11 is -1.45. The summed E-state index contributed by atoms with van der Waals surface area (Å²) in [7, 11) is 0. The van der Waals surface area contributed by atoms with Crippen molar-refractivity contribution in [3.05, 3.63) is 54.1 Å². The quantitative estimate of drug-likeness (QED) is 0.752. The first-order valence-electron chi connectivity index (χ1n) is 8.76. The molecule has 3 rings (SSSR count). The van der Waals surface area contributed by atoms with Crippen LogP contribution >= 0.6 is 0 Å². The normalized spacial score (nSPS) is 19.0. The molecule has 0 aliphatic carbocycles. The molecule has 0 spiro atoms. The van der Waals surface area contributed by atoms with Gasteiger partial charge in [0.2, 0.25) is 0 Å². The van der Waals surface area contributed by atoms with Gasteiger partial charge in [-0.15, -0.1) is 4.72 Å². The van der Waals surface area contributed by atoms with Crippen LogP contribution in [0.2, 0.25) is 0 Å². The van der Waals surface area contributed by atoms with E-state index in [0.29, 0.717) is 4.90 Å². The van der Waals surface area contributed by atoms with Crippen molar-refractivity contribution >= 4 is 11.4 Å². The molecule has 5 nitrogen and oxygen atoms in total. The lowest BCUT2D eigenvalue weighted by Crippen LogP contribution is -2.37. The van der Waals surface area contributed by atoms with E-state index in [1.54, 1.807) is 0 Å².